The highest BCUT2D eigenvalue weighted by Crippen LogP contribution is 2.26. The molecule has 0 aliphatic carbocycles. The van der Waals surface area contributed by atoms with Gasteiger partial charge < -0.3 is 19.1 Å². The van der Waals surface area contributed by atoms with Crippen LogP contribution >= 0.6 is 0 Å². The third-order valence-corrected chi connectivity index (χ3v) is 4.35. The molecule has 1 amide bonds. The molecule has 150 valence electrons. The van der Waals surface area contributed by atoms with Crippen LogP contribution in [0, 0.1) is 0 Å². The van der Waals surface area contributed by atoms with E-state index in [9.17, 15) is 9.59 Å². The molecule has 0 bridgehead atoms. The summed E-state index contributed by atoms with van der Waals surface area (Å²) in [5.74, 6) is 0.512. The molecule has 0 fully saturated rings. The largest absolute Gasteiger partial charge is 0.493 e. The quantitative estimate of drug-likeness (QED) is 0.585. The van der Waals surface area contributed by atoms with Gasteiger partial charge in [0.15, 0.2) is 18.1 Å². The van der Waals surface area contributed by atoms with Crippen molar-refractivity contribution in [2.75, 3.05) is 26.9 Å². The lowest BCUT2D eigenvalue weighted by molar-refractivity contribution is -0.144. The molecule has 0 N–H and O–H groups in total. The fourth-order valence-corrected chi connectivity index (χ4v) is 2.85. The monoisotopic (exact) mass is 385 g/mol. The van der Waals surface area contributed by atoms with Crippen molar-refractivity contribution >= 4 is 11.9 Å². The van der Waals surface area contributed by atoms with Gasteiger partial charge in [0.1, 0.15) is 0 Å². The second kappa shape index (κ2) is 11.0. The average molecular weight is 385 g/mol. The zero-order chi connectivity index (χ0) is 20.4. The molecular formula is C22H27NO5. The Kier molecular flexibility index (Phi) is 8.34. The molecule has 2 aromatic carbocycles. The third-order valence-electron chi connectivity index (χ3n) is 4.35. The minimum absolute atomic E-state index is 0.130. The first-order valence-corrected chi connectivity index (χ1v) is 9.32. The Morgan fingerprint density at radius 3 is 2.29 bits per heavy atom. The van der Waals surface area contributed by atoms with Crippen molar-refractivity contribution < 1.29 is 23.8 Å². The summed E-state index contributed by atoms with van der Waals surface area (Å²) < 4.78 is 15.9. The molecule has 28 heavy (non-hydrogen) atoms. The van der Waals surface area contributed by atoms with E-state index in [1.165, 1.54) is 0 Å². The fourth-order valence-electron chi connectivity index (χ4n) is 2.85. The number of carbonyl (C=O) groups excluding carboxylic acids is 2. The van der Waals surface area contributed by atoms with E-state index >= 15 is 0 Å². The second-order valence-corrected chi connectivity index (χ2v) is 6.17. The number of amides is 1. The van der Waals surface area contributed by atoms with Crippen molar-refractivity contribution in [2.24, 2.45) is 0 Å². The van der Waals surface area contributed by atoms with E-state index in [0.29, 0.717) is 18.1 Å². The molecule has 2 rings (SSSR count). The maximum Gasteiger partial charge on any atom is 0.307 e. The third kappa shape index (κ3) is 6.01. The van der Waals surface area contributed by atoms with E-state index in [2.05, 4.69) is 0 Å². The molecule has 1 atom stereocenters. The average Bonchev–Trinajstić information content (AvgIpc) is 2.73. The van der Waals surface area contributed by atoms with Gasteiger partial charge in [-0.1, -0.05) is 42.5 Å². The maximum atomic E-state index is 12.9. The Hall–Kier alpha value is -3.02. The molecule has 0 saturated heterocycles. The van der Waals surface area contributed by atoms with Gasteiger partial charge in [-0.3, -0.25) is 9.59 Å². The Bertz CT molecular complexity index is 763. The SMILES string of the molecule is CCOC(=O)CCN(C(=O)COc1ccccc1OC)C(C)c1ccccc1. The number of ether oxygens (including phenoxy) is 3. The highest BCUT2D eigenvalue weighted by atomic mass is 16.5. The van der Waals surface area contributed by atoms with Crippen LogP contribution in [0.4, 0.5) is 0 Å². The summed E-state index contributed by atoms with van der Waals surface area (Å²) in [6.07, 6.45) is 0.130. The zero-order valence-electron chi connectivity index (χ0n) is 16.6. The lowest BCUT2D eigenvalue weighted by atomic mass is 10.1. The van der Waals surface area contributed by atoms with Crippen molar-refractivity contribution in [3.05, 3.63) is 60.2 Å². The van der Waals surface area contributed by atoms with Crippen LogP contribution in [0.3, 0.4) is 0 Å². The first kappa shape index (κ1) is 21.3. The molecule has 0 aromatic heterocycles. The standard InChI is InChI=1S/C22H27NO5/c1-4-27-22(25)14-15-23(17(2)18-10-6-5-7-11-18)21(24)16-28-20-13-9-8-12-19(20)26-3/h5-13,17H,4,14-16H2,1-3H3. The van der Waals surface area contributed by atoms with E-state index in [1.807, 2.05) is 49.4 Å². The van der Waals surface area contributed by atoms with Crippen molar-refractivity contribution in [3.8, 4) is 11.5 Å². The van der Waals surface area contributed by atoms with E-state index in [0.717, 1.165) is 5.56 Å². The molecule has 6 nitrogen and oxygen atoms in total. The fraction of sp³-hybridized carbons (Fsp3) is 0.364. The molecule has 1 unspecified atom stereocenters. The van der Waals surface area contributed by atoms with Crippen molar-refractivity contribution in [3.63, 3.8) is 0 Å². The van der Waals surface area contributed by atoms with Crippen molar-refractivity contribution in [2.45, 2.75) is 26.3 Å². The molecule has 0 aliphatic heterocycles. The number of nitrogens with zero attached hydrogens (tertiary/aromatic N) is 1. The van der Waals surface area contributed by atoms with Crippen LogP contribution in [0.15, 0.2) is 54.6 Å². The van der Waals surface area contributed by atoms with Crippen LogP contribution in [0.25, 0.3) is 0 Å². The molecule has 0 aliphatic rings. The number of hydrogen-bond acceptors (Lipinski definition) is 5. The summed E-state index contributed by atoms with van der Waals surface area (Å²) in [7, 11) is 1.55. The molecular weight excluding hydrogens is 358 g/mol. The Balaban J connectivity index is 2.10. The molecule has 2 aromatic rings. The van der Waals surface area contributed by atoms with Crippen molar-refractivity contribution in [1.29, 1.82) is 0 Å². The lowest BCUT2D eigenvalue weighted by Crippen LogP contribution is -2.38. The summed E-state index contributed by atoms with van der Waals surface area (Å²) in [5, 5.41) is 0. The summed E-state index contributed by atoms with van der Waals surface area (Å²) in [6, 6.07) is 16.6. The highest BCUT2D eigenvalue weighted by molar-refractivity contribution is 5.79. The van der Waals surface area contributed by atoms with Gasteiger partial charge in [-0.05, 0) is 31.5 Å². The van der Waals surface area contributed by atoms with Gasteiger partial charge in [0.2, 0.25) is 0 Å². The predicted octanol–water partition coefficient (Wildman–Crippen LogP) is 3.62. The van der Waals surface area contributed by atoms with Gasteiger partial charge in [0.25, 0.3) is 5.91 Å². The lowest BCUT2D eigenvalue weighted by Gasteiger charge is -2.29. The summed E-state index contributed by atoms with van der Waals surface area (Å²) in [5.41, 5.74) is 0.983. The van der Waals surface area contributed by atoms with Gasteiger partial charge in [-0.2, -0.15) is 0 Å². The van der Waals surface area contributed by atoms with Crippen LogP contribution in [0.2, 0.25) is 0 Å². The number of benzene rings is 2. The Morgan fingerprint density at radius 2 is 1.64 bits per heavy atom. The minimum Gasteiger partial charge on any atom is -0.493 e. The van der Waals surface area contributed by atoms with Crippen LogP contribution in [-0.2, 0) is 14.3 Å². The first-order valence-electron chi connectivity index (χ1n) is 9.32. The summed E-state index contributed by atoms with van der Waals surface area (Å²) >= 11 is 0. The number of carbonyl (C=O) groups is 2. The number of hydrogen-bond donors (Lipinski definition) is 0. The van der Waals surface area contributed by atoms with Gasteiger partial charge >= 0.3 is 5.97 Å². The zero-order valence-corrected chi connectivity index (χ0v) is 16.6. The van der Waals surface area contributed by atoms with Crippen LogP contribution in [0.1, 0.15) is 31.9 Å². The normalized spacial score (nSPS) is 11.4. The molecule has 6 heteroatoms. The van der Waals surface area contributed by atoms with E-state index in [4.69, 9.17) is 14.2 Å². The van der Waals surface area contributed by atoms with Crippen LogP contribution < -0.4 is 9.47 Å². The van der Waals surface area contributed by atoms with Gasteiger partial charge in [-0.25, -0.2) is 0 Å². The molecule has 0 saturated carbocycles. The summed E-state index contributed by atoms with van der Waals surface area (Å²) in [6.45, 7) is 4.11. The smallest absolute Gasteiger partial charge is 0.307 e. The minimum atomic E-state index is -0.328. The number of esters is 1. The number of methoxy groups -OCH3 is 1. The number of rotatable bonds is 10. The van der Waals surface area contributed by atoms with Crippen molar-refractivity contribution in [1.82, 2.24) is 4.90 Å². The van der Waals surface area contributed by atoms with E-state index < -0.39 is 0 Å². The topological polar surface area (TPSA) is 65.1 Å². The second-order valence-electron chi connectivity index (χ2n) is 6.17. The van der Waals surface area contributed by atoms with Gasteiger partial charge in [0, 0.05) is 6.54 Å². The molecule has 0 radical (unpaired) electrons. The van der Waals surface area contributed by atoms with Gasteiger partial charge in [-0.15, -0.1) is 0 Å². The molecule has 0 heterocycles. The molecule has 0 spiro atoms. The summed E-state index contributed by atoms with van der Waals surface area (Å²) in [4.78, 5) is 26.3. The van der Waals surface area contributed by atoms with Gasteiger partial charge in [0.05, 0.1) is 26.2 Å². The van der Waals surface area contributed by atoms with E-state index in [1.54, 1.807) is 31.1 Å². The van der Waals surface area contributed by atoms with Crippen LogP contribution in [-0.4, -0.2) is 43.6 Å². The predicted molar refractivity (Wildman–Crippen MR) is 106 cm³/mol. The van der Waals surface area contributed by atoms with E-state index in [-0.39, 0.29) is 37.5 Å². The Morgan fingerprint density at radius 1 is 1.00 bits per heavy atom. The highest BCUT2D eigenvalue weighted by Gasteiger charge is 2.23. The maximum absolute atomic E-state index is 12.9. The first-order chi connectivity index (χ1) is 13.6. The van der Waals surface area contributed by atoms with Crippen LogP contribution in [0.5, 0.6) is 11.5 Å². The Labute approximate surface area is 166 Å². The number of para-hydroxylation sites is 2.